The third kappa shape index (κ3) is 3.50. The van der Waals surface area contributed by atoms with Crippen LogP contribution in [0.2, 0.25) is 0 Å². The highest BCUT2D eigenvalue weighted by Crippen LogP contribution is 2.29. The molecule has 0 aliphatic rings. The Labute approximate surface area is 122 Å². The summed E-state index contributed by atoms with van der Waals surface area (Å²) in [4.78, 5) is 0. The Kier molecular flexibility index (Phi) is 4.75. The van der Waals surface area contributed by atoms with Crippen molar-refractivity contribution in [2.24, 2.45) is 5.73 Å². The van der Waals surface area contributed by atoms with Gasteiger partial charge in [-0.15, -0.1) is 0 Å². The van der Waals surface area contributed by atoms with Crippen molar-refractivity contribution in [2.45, 2.75) is 13.2 Å². The highest BCUT2D eigenvalue weighted by Gasteiger charge is 2.09. The van der Waals surface area contributed by atoms with E-state index in [0.29, 0.717) is 29.2 Å². The van der Waals surface area contributed by atoms with E-state index < -0.39 is 5.82 Å². The van der Waals surface area contributed by atoms with E-state index in [9.17, 15) is 4.39 Å². The van der Waals surface area contributed by atoms with Gasteiger partial charge in [0.15, 0.2) is 11.5 Å². The fourth-order valence-corrected chi connectivity index (χ4v) is 1.91. The van der Waals surface area contributed by atoms with Gasteiger partial charge in [-0.1, -0.05) is 6.07 Å². The van der Waals surface area contributed by atoms with Gasteiger partial charge in [-0.3, -0.25) is 0 Å². The molecule has 0 atom stereocenters. The second-order valence-corrected chi connectivity index (χ2v) is 4.39. The predicted octanol–water partition coefficient (Wildman–Crippen LogP) is 2.74. The van der Waals surface area contributed by atoms with Crippen LogP contribution >= 0.6 is 0 Å². The second-order valence-electron chi connectivity index (χ2n) is 4.39. The lowest BCUT2D eigenvalue weighted by atomic mass is 10.1. The van der Waals surface area contributed by atoms with Crippen LogP contribution in [-0.4, -0.2) is 7.11 Å². The van der Waals surface area contributed by atoms with Crippen LogP contribution in [0.4, 0.5) is 4.39 Å². The number of nitrogens with two attached hydrogens (primary N) is 1. The first-order valence-electron chi connectivity index (χ1n) is 6.36. The molecule has 0 heterocycles. The quantitative estimate of drug-likeness (QED) is 0.917. The smallest absolute Gasteiger partial charge is 0.161 e. The van der Waals surface area contributed by atoms with Crippen molar-refractivity contribution < 1.29 is 13.9 Å². The van der Waals surface area contributed by atoms with Crippen molar-refractivity contribution in [1.82, 2.24) is 0 Å². The molecule has 0 amide bonds. The van der Waals surface area contributed by atoms with E-state index in [4.69, 9.17) is 20.5 Å². The van der Waals surface area contributed by atoms with Gasteiger partial charge in [0.05, 0.1) is 18.7 Å². The third-order valence-electron chi connectivity index (χ3n) is 3.03. The highest BCUT2D eigenvalue weighted by atomic mass is 19.1. The fourth-order valence-electron chi connectivity index (χ4n) is 1.91. The number of hydrogen-bond donors (Lipinski definition) is 1. The number of methoxy groups -OCH3 is 1. The molecule has 2 aromatic rings. The molecule has 21 heavy (non-hydrogen) atoms. The minimum absolute atomic E-state index is 0.0744. The molecule has 2 rings (SSSR count). The van der Waals surface area contributed by atoms with E-state index >= 15 is 0 Å². The molecule has 0 aliphatic heterocycles. The number of rotatable bonds is 5. The molecule has 0 radical (unpaired) electrons. The maximum atomic E-state index is 13.3. The zero-order valence-electron chi connectivity index (χ0n) is 11.6. The molecular weight excluding hydrogens is 271 g/mol. The van der Waals surface area contributed by atoms with E-state index in [-0.39, 0.29) is 6.61 Å². The van der Waals surface area contributed by atoms with E-state index in [1.54, 1.807) is 12.1 Å². The van der Waals surface area contributed by atoms with Gasteiger partial charge in [-0.2, -0.15) is 5.26 Å². The molecule has 0 spiro atoms. The number of nitrogens with zero attached hydrogens (tertiary/aromatic N) is 1. The first-order valence-corrected chi connectivity index (χ1v) is 6.36. The zero-order chi connectivity index (χ0) is 15.2. The molecule has 0 saturated carbocycles. The zero-order valence-corrected chi connectivity index (χ0v) is 11.6. The van der Waals surface area contributed by atoms with Crippen molar-refractivity contribution in [2.75, 3.05) is 7.11 Å². The summed E-state index contributed by atoms with van der Waals surface area (Å²) < 4.78 is 24.1. The van der Waals surface area contributed by atoms with Crippen LogP contribution in [0, 0.1) is 17.1 Å². The van der Waals surface area contributed by atoms with Crippen molar-refractivity contribution in [3.63, 3.8) is 0 Å². The number of benzene rings is 2. The molecule has 4 nitrogen and oxygen atoms in total. The van der Waals surface area contributed by atoms with E-state index in [1.807, 2.05) is 12.1 Å². The van der Waals surface area contributed by atoms with Crippen LogP contribution in [0.1, 0.15) is 16.7 Å². The Morgan fingerprint density at radius 3 is 2.67 bits per heavy atom. The van der Waals surface area contributed by atoms with Crippen molar-refractivity contribution in [1.29, 1.82) is 5.26 Å². The lowest BCUT2D eigenvalue weighted by Gasteiger charge is -2.12. The summed E-state index contributed by atoms with van der Waals surface area (Å²) in [6.07, 6.45) is 0. The summed E-state index contributed by atoms with van der Waals surface area (Å²) >= 11 is 0. The van der Waals surface area contributed by atoms with Crippen molar-refractivity contribution >= 4 is 0 Å². The van der Waals surface area contributed by atoms with E-state index in [1.165, 1.54) is 25.3 Å². The molecule has 0 aliphatic carbocycles. The van der Waals surface area contributed by atoms with Crippen LogP contribution < -0.4 is 15.2 Å². The predicted molar refractivity (Wildman–Crippen MR) is 76.3 cm³/mol. The van der Waals surface area contributed by atoms with Gasteiger partial charge in [0.2, 0.25) is 0 Å². The van der Waals surface area contributed by atoms with Crippen molar-refractivity contribution in [3.8, 4) is 17.6 Å². The Balaban J connectivity index is 2.24. The van der Waals surface area contributed by atoms with Gasteiger partial charge in [-0.25, -0.2) is 4.39 Å². The summed E-state index contributed by atoms with van der Waals surface area (Å²) in [6, 6.07) is 11.3. The molecule has 5 heteroatoms. The topological polar surface area (TPSA) is 68.3 Å². The Hall–Kier alpha value is -2.58. The summed E-state index contributed by atoms with van der Waals surface area (Å²) in [5.74, 6) is 0.658. The fraction of sp³-hybridized carbons (Fsp3) is 0.188. The molecule has 2 N–H and O–H groups in total. The Morgan fingerprint density at radius 2 is 2.00 bits per heavy atom. The molecule has 0 saturated heterocycles. The van der Waals surface area contributed by atoms with Gasteiger partial charge >= 0.3 is 0 Å². The molecule has 108 valence electrons. The molecular formula is C16H15FN2O2. The van der Waals surface area contributed by atoms with E-state index in [2.05, 4.69) is 0 Å². The molecule has 0 fully saturated rings. The van der Waals surface area contributed by atoms with Crippen LogP contribution in [0.3, 0.4) is 0 Å². The summed E-state index contributed by atoms with van der Waals surface area (Å²) in [5, 5.41) is 9.02. The number of ether oxygens (including phenoxy) is 2. The maximum absolute atomic E-state index is 13.3. The highest BCUT2D eigenvalue weighted by molar-refractivity contribution is 5.44. The Bertz CT molecular complexity index is 680. The van der Waals surface area contributed by atoms with Gasteiger partial charge < -0.3 is 15.2 Å². The van der Waals surface area contributed by atoms with Crippen LogP contribution in [0.25, 0.3) is 0 Å². The standard InChI is InChI=1S/C16H15FN2O2/c1-20-15-5-2-11(8-18)6-16(15)21-10-13-7-14(17)4-3-12(13)9-19/h2-7H,8,10,18H2,1H3. The SMILES string of the molecule is COc1ccc(CN)cc1OCc1cc(F)ccc1C#N. The number of halogens is 1. The second kappa shape index (κ2) is 6.73. The first kappa shape index (κ1) is 14.8. The average Bonchev–Trinajstić information content (AvgIpc) is 2.52. The van der Waals surface area contributed by atoms with Crippen LogP contribution in [0.5, 0.6) is 11.5 Å². The molecule has 0 bridgehead atoms. The summed E-state index contributed by atoms with van der Waals surface area (Å²) in [6.45, 7) is 0.453. The van der Waals surface area contributed by atoms with Gasteiger partial charge in [0.25, 0.3) is 0 Å². The number of hydrogen-bond acceptors (Lipinski definition) is 4. The Morgan fingerprint density at radius 1 is 1.19 bits per heavy atom. The van der Waals surface area contributed by atoms with Gasteiger partial charge in [0.1, 0.15) is 12.4 Å². The van der Waals surface area contributed by atoms with Gasteiger partial charge in [-0.05, 0) is 35.9 Å². The molecule has 0 unspecified atom stereocenters. The van der Waals surface area contributed by atoms with E-state index in [0.717, 1.165) is 5.56 Å². The summed E-state index contributed by atoms with van der Waals surface area (Å²) in [7, 11) is 1.53. The molecule has 2 aromatic carbocycles. The normalized spacial score (nSPS) is 10.0. The van der Waals surface area contributed by atoms with Crippen LogP contribution in [-0.2, 0) is 13.2 Å². The largest absolute Gasteiger partial charge is 0.493 e. The lowest BCUT2D eigenvalue weighted by molar-refractivity contribution is 0.283. The minimum atomic E-state index is -0.407. The lowest BCUT2D eigenvalue weighted by Crippen LogP contribution is -2.02. The number of nitriles is 1. The van der Waals surface area contributed by atoms with Crippen LogP contribution in [0.15, 0.2) is 36.4 Å². The monoisotopic (exact) mass is 286 g/mol. The molecule has 0 aromatic heterocycles. The summed E-state index contributed by atoms with van der Waals surface area (Å²) in [5.41, 5.74) is 7.35. The first-order chi connectivity index (χ1) is 10.2. The minimum Gasteiger partial charge on any atom is -0.493 e. The average molecular weight is 286 g/mol. The van der Waals surface area contributed by atoms with Crippen molar-refractivity contribution in [3.05, 3.63) is 58.9 Å². The van der Waals surface area contributed by atoms with Gasteiger partial charge in [0, 0.05) is 12.1 Å². The maximum Gasteiger partial charge on any atom is 0.161 e. The third-order valence-corrected chi connectivity index (χ3v) is 3.03.